The summed E-state index contributed by atoms with van der Waals surface area (Å²) in [6, 6.07) is 12.6. The molecular formula is C21H22N2O3S2. The van der Waals surface area contributed by atoms with Crippen molar-refractivity contribution in [2.45, 2.75) is 30.4 Å². The summed E-state index contributed by atoms with van der Waals surface area (Å²) < 4.78 is 26.9. The number of benzene rings is 1. The molecule has 0 bridgehead atoms. The van der Waals surface area contributed by atoms with Crippen molar-refractivity contribution in [2.75, 3.05) is 6.54 Å². The molecule has 0 saturated carbocycles. The second kappa shape index (κ2) is 8.67. The van der Waals surface area contributed by atoms with Gasteiger partial charge in [0.25, 0.3) is 0 Å². The fourth-order valence-electron chi connectivity index (χ4n) is 2.98. The maximum Gasteiger partial charge on any atom is 0.225 e. The average Bonchev–Trinajstić information content (AvgIpc) is 3.17. The van der Waals surface area contributed by atoms with E-state index in [9.17, 15) is 13.2 Å². The quantitative estimate of drug-likeness (QED) is 0.640. The van der Waals surface area contributed by atoms with E-state index in [1.165, 1.54) is 11.3 Å². The monoisotopic (exact) mass is 414 g/mol. The highest BCUT2D eigenvalue weighted by Crippen LogP contribution is 2.30. The van der Waals surface area contributed by atoms with Crippen LogP contribution in [-0.4, -0.2) is 25.9 Å². The Kier molecular flexibility index (Phi) is 6.26. The number of sulfone groups is 1. The SMILES string of the molecule is Cc1ccc(C)c(S(=O)(=O)[C@@H](CNC(=O)Cc2cccs2)c2cccnc2)c1. The van der Waals surface area contributed by atoms with E-state index < -0.39 is 15.1 Å². The van der Waals surface area contributed by atoms with E-state index in [1.807, 2.05) is 30.5 Å². The van der Waals surface area contributed by atoms with Gasteiger partial charge in [-0.25, -0.2) is 8.42 Å². The summed E-state index contributed by atoms with van der Waals surface area (Å²) >= 11 is 1.50. The number of pyridine rings is 1. The lowest BCUT2D eigenvalue weighted by atomic mass is 10.2. The molecule has 2 aromatic heterocycles. The van der Waals surface area contributed by atoms with Crippen LogP contribution in [0.1, 0.15) is 26.8 Å². The van der Waals surface area contributed by atoms with Gasteiger partial charge in [0.05, 0.1) is 11.3 Å². The number of amides is 1. The molecular weight excluding hydrogens is 392 g/mol. The van der Waals surface area contributed by atoms with Gasteiger partial charge in [-0.15, -0.1) is 11.3 Å². The summed E-state index contributed by atoms with van der Waals surface area (Å²) in [7, 11) is -3.72. The van der Waals surface area contributed by atoms with Gasteiger partial charge in [0.1, 0.15) is 5.25 Å². The first kappa shape index (κ1) is 20.2. The van der Waals surface area contributed by atoms with Crippen LogP contribution >= 0.6 is 11.3 Å². The number of nitrogens with zero attached hydrogens (tertiary/aromatic N) is 1. The number of aryl methyl sites for hydroxylation is 2. The number of carbonyl (C=O) groups is 1. The maximum atomic E-state index is 13.5. The number of nitrogens with one attached hydrogen (secondary N) is 1. The predicted octanol–water partition coefficient (Wildman–Crippen LogP) is 3.63. The highest BCUT2D eigenvalue weighted by atomic mass is 32.2. The van der Waals surface area contributed by atoms with Crippen LogP contribution in [0.15, 0.2) is 65.1 Å². The molecule has 0 saturated heterocycles. The number of hydrogen-bond donors (Lipinski definition) is 1. The van der Waals surface area contributed by atoms with Crippen molar-refractivity contribution < 1.29 is 13.2 Å². The Bertz CT molecular complexity index is 1050. The van der Waals surface area contributed by atoms with Crippen molar-refractivity contribution in [3.63, 3.8) is 0 Å². The number of aromatic nitrogens is 1. The number of carbonyl (C=O) groups excluding carboxylic acids is 1. The molecule has 2 heterocycles. The third-order valence-corrected chi connectivity index (χ3v) is 7.60. The first-order valence-corrected chi connectivity index (χ1v) is 11.3. The molecule has 5 nitrogen and oxygen atoms in total. The molecule has 1 N–H and O–H groups in total. The van der Waals surface area contributed by atoms with Gasteiger partial charge < -0.3 is 5.32 Å². The van der Waals surface area contributed by atoms with Crippen LogP contribution in [0.2, 0.25) is 0 Å². The summed E-state index contributed by atoms with van der Waals surface area (Å²) in [5.41, 5.74) is 2.11. The molecule has 1 aromatic carbocycles. The summed E-state index contributed by atoms with van der Waals surface area (Å²) in [6.45, 7) is 3.63. The van der Waals surface area contributed by atoms with Gasteiger partial charge in [-0.2, -0.15) is 0 Å². The van der Waals surface area contributed by atoms with Crippen LogP contribution in [0, 0.1) is 13.8 Å². The Morgan fingerprint density at radius 1 is 1.18 bits per heavy atom. The van der Waals surface area contributed by atoms with Crippen molar-refractivity contribution in [3.8, 4) is 0 Å². The minimum atomic E-state index is -3.72. The van der Waals surface area contributed by atoms with Gasteiger partial charge in [-0.05, 0) is 54.1 Å². The molecule has 28 heavy (non-hydrogen) atoms. The lowest BCUT2D eigenvalue weighted by Crippen LogP contribution is -2.33. The highest BCUT2D eigenvalue weighted by Gasteiger charge is 2.31. The number of thiophene rings is 1. The molecule has 0 radical (unpaired) electrons. The van der Waals surface area contributed by atoms with Gasteiger partial charge >= 0.3 is 0 Å². The van der Waals surface area contributed by atoms with Crippen molar-refractivity contribution in [1.82, 2.24) is 10.3 Å². The van der Waals surface area contributed by atoms with Crippen LogP contribution in [0.25, 0.3) is 0 Å². The molecule has 0 aliphatic rings. The summed E-state index contributed by atoms with van der Waals surface area (Å²) in [4.78, 5) is 17.6. The zero-order valence-electron chi connectivity index (χ0n) is 15.8. The van der Waals surface area contributed by atoms with E-state index in [1.54, 1.807) is 43.6 Å². The van der Waals surface area contributed by atoms with E-state index in [0.29, 0.717) is 11.1 Å². The molecule has 0 aliphatic heterocycles. The smallest absolute Gasteiger partial charge is 0.225 e. The molecule has 146 valence electrons. The largest absolute Gasteiger partial charge is 0.354 e. The first-order chi connectivity index (χ1) is 13.4. The molecule has 0 fully saturated rings. The van der Waals surface area contributed by atoms with Gasteiger partial charge in [-0.1, -0.05) is 24.3 Å². The molecule has 1 amide bonds. The standard InChI is InChI=1S/C21H22N2O3S2/c1-15-7-8-16(2)19(11-15)28(25,26)20(17-5-3-9-22-13-17)14-23-21(24)12-18-6-4-10-27-18/h3-11,13,20H,12,14H2,1-2H3,(H,23,24)/t20-/m0/s1. The normalized spacial score (nSPS) is 12.5. The second-order valence-corrected chi connectivity index (χ2v) is 9.78. The fraction of sp³-hybridized carbons (Fsp3) is 0.238. The molecule has 0 aliphatic carbocycles. The molecule has 0 spiro atoms. The van der Waals surface area contributed by atoms with Crippen LogP contribution < -0.4 is 5.32 Å². The van der Waals surface area contributed by atoms with E-state index in [2.05, 4.69) is 10.3 Å². The van der Waals surface area contributed by atoms with Crippen LogP contribution in [0.4, 0.5) is 0 Å². The zero-order chi connectivity index (χ0) is 20.1. The van der Waals surface area contributed by atoms with Crippen LogP contribution in [0.3, 0.4) is 0 Å². The Balaban J connectivity index is 1.89. The average molecular weight is 415 g/mol. The molecule has 3 rings (SSSR count). The minimum absolute atomic E-state index is 0.00832. The van der Waals surface area contributed by atoms with Crippen LogP contribution in [-0.2, 0) is 21.1 Å². The Morgan fingerprint density at radius 2 is 2.00 bits per heavy atom. The molecule has 0 unspecified atom stereocenters. The van der Waals surface area contributed by atoms with Gasteiger partial charge in [0.2, 0.25) is 5.91 Å². The predicted molar refractivity (Wildman–Crippen MR) is 111 cm³/mol. The summed E-state index contributed by atoms with van der Waals surface area (Å²) in [5.74, 6) is -0.201. The molecule has 1 atom stereocenters. The fourth-order valence-corrected chi connectivity index (χ4v) is 5.66. The summed E-state index contributed by atoms with van der Waals surface area (Å²) in [6.07, 6.45) is 3.38. The Hall–Kier alpha value is -2.51. The van der Waals surface area contributed by atoms with Gasteiger partial charge in [0, 0.05) is 23.8 Å². The third-order valence-electron chi connectivity index (χ3n) is 4.48. The van der Waals surface area contributed by atoms with Crippen molar-refractivity contribution in [1.29, 1.82) is 0 Å². The lowest BCUT2D eigenvalue weighted by molar-refractivity contribution is -0.120. The lowest BCUT2D eigenvalue weighted by Gasteiger charge is -2.20. The first-order valence-electron chi connectivity index (χ1n) is 8.88. The summed E-state index contributed by atoms with van der Waals surface area (Å²) in [5, 5.41) is 3.79. The number of rotatable bonds is 7. The van der Waals surface area contributed by atoms with Crippen molar-refractivity contribution >= 4 is 27.1 Å². The molecule has 3 aromatic rings. The van der Waals surface area contributed by atoms with Crippen molar-refractivity contribution in [2.24, 2.45) is 0 Å². The van der Waals surface area contributed by atoms with E-state index in [4.69, 9.17) is 0 Å². The van der Waals surface area contributed by atoms with E-state index in [0.717, 1.165) is 10.4 Å². The maximum absolute atomic E-state index is 13.5. The zero-order valence-corrected chi connectivity index (χ0v) is 17.4. The van der Waals surface area contributed by atoms with E-state index >= 15 is 0 Å². The Morgan fingerprint density at radius 3 is 2.68 bits per heavy atom. The van der Waals surface area contributed by atoms with Gasteiger partial charge in [0.15, 0.2) is 9.84 Å². The third kappa shape index (κ3) is 4.66. The van der Waals surface area contributed by atoms with E-state index in [-0.39, 0.29) is 23.8 Å². The molecule has 7 heteroatoms. The Labute approximate surface area is 169 Å². The topological polar surface area (TPSA) is 76.1 Å². The minimum Gasteiger partial charge on any atom is -0.354 e. The van der Waals surface area contributed by atoms with Crippen molar-refractivity contribution in [3.05, 3.63) is 81.8 Å². The second-order valence-electron chi connectivity index (χ2n) is 6.65. The highest BCUT2D eigenvalue weighted by molar-refractivity contribution is 7.91. The number of hydrogen-bond acceptors (Lipinski definition) is 5. The van der Waals surface area contributed by atoms with Crippen LogP contribution in [0.5, 0.6) is 0 Å². The van der Waals surface area contributed by atoms with Gasteiger partial charge in [-0.3, -0.25) is 9.78 Å².